The molecular weight excluding hydrogens is 284 g/mol. The summed E-state index contributed by atoms with van der Waals surface area (Å²) >= 11 is 0. The molecule has 4 rings (SSSR count). The molecule has 1 aromatic heterocycles. The lowest BCUT2D eigenvalue weighted by Crippen LogP contribution is -1.94. The summed E-state index contributed by atoms with van der Waals surface area (Å²) in [7, 11) is 1.58. The fraction of sp³-hybridized carbons (Fsp3) is 0.125. The highest BCUT2D eigenvalue weighted by Gasteiger charge is 2.23. The van der Waals surface area contributed by atoms with Crippen LogP contribution in [0.15, 0.2) is 36.5 Å². The summed E-state index contributed by atoms with van der Waals surface area (Å²) in [5.74, 6) is 1.71. The van der Waals surface area contributed by atoms with Gasteiger partial charge < -0.3 is 14.5 Å². The average Bonchev–Trinajstić information content (AvgIpc) is 2.83. The van der Waals surface area contributed by atoms with Crippen LogP contribution in [-0.4, -0.2) is 17.0 Å². The van der Waals surface area contributed by atoms with E-state index < -0.39 is 4.92 Å². The van der Waals surface area contributed by atoms with Gasteiger partial charge in [0.15, 0.2) is 11.5 Å². The minimum Gasteiger partial charge on any atom is -0.493 e. The van der Waals surface area contributed by atoms with Crippen molar-refractivity contribution in [3.63, 3.8) is 0 Å². The van der Waals surface area contributed by atoms with Gasteiger partial charge in [-0.25, -0.2) is 0 Å². The van der Waals surface area contributed by atoms with Gasteiger partial charge in [-0.05, 0) is 11.6 Å². The molecule has 0 saturated carbocycles. The van der Waals surface area contributed by atoms with Crippen LogP contribution in [0.4, 0.5) is 5.69 Å². The summed E-state index contributed by atoms with van der Waals surface area (Å²) in [6.07, 6.45) is 2.55. The highest BCUT2D eigenvalue weighted by molar-refractivity contribution is 5.92. The summed E-state index contributed by atoms with van der Waals surface area (Å²) in [6, 6.07) is 8.68. The molecular formula is C16H12N2O4. The number of nitrogens with one attached hydrogen (secondary N) is 1. The third-order valence-electron chi connectivity index (χ3n) is 3.89. The van der Waals surface area contributed by atoms with Crippen molar-refractivity contribution in [1.29, 1.82) is 0 Å². The first kappa shape index (κ1) is 12.7. The van der Waals surface area contributed by atoms with E-state index >= 15 is 0 Å². The lowest BCUT2D eigenvalue weighted by molar-refractivity contribution is -0.384. The summed E-state index contributed by atoms with van der Waals surface area (Å²) in [5.41, 5.74) is 2.73. The molecule has 0 atom stereocenters. The van der Waals surface area contributed by atoms with Crippen molar-refractivity contribution < 1.29 is 14.4 Å². The molecule has 22 heavy (non-hydrogen) atoms. The van der Waals surface area contributed by atoms with E-state index in [0.717, 1.165) is 16.5 Å². The van der Waals surface area contributed by atoms with E-state index in [2.05, 4.69) is 4.98 Å². The molecule has 2 aromatic carbocycles. The number of H-pyrrole nitrogens is 1. The van der Waals surface area contributed by atoms with Crippen molar-refractivity contribution >= 4 is 16.6 Å². The van der Waals surface area contributed by atoms with Crippen molar-refractivity contribution in [3.05, 3.63) is 57.8 Å². The number of para-hydroxylation sites is 1. The summed E-state index contributed by atoms with van der Waals surface area (Å²) < 4.78 is 11.3. The maximum Gasteiger partial charge on any atom is 0.275 e. The normalized spacial score (nSPS) is 12.4. The van der Waals surface area contributed by atoms with Gasteiger partial charge in [0, 0.05) is 29.6 Å². The molecule has 2 heterocycles. The van der Waals surface area contributed by atoms with Crippen LogP contribution in [0.3, 0.4) is 0 Å². The number of ether oxygens (including phenoxy) is 2. The second-order valence-corrected chi connectivity index (χ2v) is 5.16. The number of non-ortho nitro benzene ring substituents is 1. The van der Waals surface area contributed by atoms with E-state index in [9.17, 15) is 10.1 Å². The van der Waals surface area contributed by atoms with E-state index in [1.54, 1.807) is 7.11 Å². The number of aromatic amines is 1. The Kier molecular flexibility index (Phi) is 2.59. The van der Waals surface area contributed by atoms with Gasteiger partial charge in [-0.15, -0.1) is 0 Å². The average molecular weight is 296 g/mol. The molecule has 1 N–H and O–H groups in total. The molecule has 0 amide bonds. The first-order chi connectivity index (χ1) is 10.7. The SMILES string of the molecule is COc1cccc2c1Oc1cc([N+](=O)[O-])cc3[nH]cc(c13)C2. The van der Waals surface area contributed by atoms with Crippen molar-refractivity contribution in [2.45, 2.75) is 6.42 Å². The van der Waals surface area contributed by atoms with Crippen LogP contribution in [0.2, 0.25) is 0 Å². The Morgan fingerprint density at radius 3 is 2.95 bits per heavy atom. The Morgan fingerprint density at radius 2 is 2.18 bits per heavy atom. The standard InChI is InChI=1S/C16H12N2O4/c1-21-13-4-2-3-9-5-10-8-17-12-6-11(18(19)20)7-14(15(10)12)22-16(9)13/h2-4,6-8,17H,5H2,1H3. The zero-order chi connectivity index (χ0) is 15.3. The minimum atomic E-state index is -0.423. The molecule has 0 saturated heterocycles. The minimum absolute atomic E-state index is 0.00533. The van der Waals surface area contributed by atoms with E-state index in [1.807, 2.05) is 24.4 Å². The summed E-state index contributed by atoms with van der Waals surface area (Å²) in [4.78, 5) is 13.8. The van der Waals surface area contributed by atoms with Crippen LogP contribution in [-0.2, 0) is 6.42 Å². The van der Waals surface area contributed by atoms with Crippen LogP contribution >= 0.6 is 0 Å². The van der Waals surface area contributed by atoms with Gasteiger partial charge in [-0.3, -0.25) is 10.1 Å². The van der Waals surface area contributed by atoms with Crippen LogP contribution in [0, 0.1) is 10.1 Å². The third kappa shape index (κ3) is 1.74. The third-order valence-corrected chi connectivity index (χ3v) is 3.89. The predicted octanol–water partition coefficient (Wildman–Crippen LogP) is 3.78. The molecule has 1 aliphatic heterocycles. The molecule has 0 spiro atoms. The number of nitrogens with zero attached hydrogens (tertiary/aromatic N) is 1. The maximum atomic E-state index is 11.1. The maximum absolute atomic E-state index is 11.1. The van der Waals surface area contributed by atoms with Crippen LogP contribution < -0.4 is 9.47 Å². The van der Waals surface area contributed by atoms with Crippen molar-refractivity contribution in [2.24, 2.45) is 0 Å². The van der Waals surface area contributed by atoms with Crippen LogP contribution in [0.1, 0.15) is 11.1 Å². The highest BCUT2D eigenvalue weighted by atomic mass is 16.6. The smallest absolute Gasteiger partial charge is 0.275 e. The second-order valence-electron chi connectivity index (χ2n) is 5.16. The number of benzene rings is 2. The molecule has 0 radical (unpaired) electrons. The molecule has 0 aliphatic carbocycles. The van der Waals surface area contributed by atoms with Gasteiger partial charge in [0.1, 0.15) is 5.75 Å². The fourth-order valence-corrected chi connectivity index (χ4v) is 2.90. The largest absolute Gasteiger partial charge is 0.493 e. The van der Waals surface area contributed by atoms with Crippen molar-refractivity contribution in [2.75, 3.05) is 7.11 Å². The van der Waals surface area contributed by atoms with Gasteiger partial charge in [-0.1, -0.05) is 12.1 Å². The zero-order valence-corrected chi connectivity index (χ0v) is 11.8. The molecule has 6 nitrogen and oxygen atoms in total. The van der Waals surface area contributed by atoms with E-state index in [1.165, 1.54) is 12.1 Å². The second kappa shape index (κ2) is 4.49. The highest BCUT2D eigenvalue weighted by Crippen LogP contribution is 2.44. The van der Waals surface area contributed by atoms with Crippen molar-refractivity contribution in [1.82, 2.24) is 4.98 Å². The molecule has 110 valence electrons. The molecule has 6 heteroatoms. The van der Waals surface area contributed by atoms with Gasteiger partial charge in [0.2, 0.25) is 0 Å². The number of nitro benzene ring substituents is 1. The van der Waals surface area contributed by atoms with E-state index in [4.69, 9.17) is 9.47 Å². The molecule has 0 unspecified atom stereocenters. The molecule has 0 fully saturated rings. The fourth-order valence-electron chi connectivity index (χ4n) is 2.90. The number of hydrogen-bond donors (Lipinski definition) is 1. The van der Waals surface area contributed by atoms with Gasteiger partial charge >= 0.3 is 0 Å². The summed E-state index contributed by atoms with van der Waals surface area (Å²) in [5, 5.41) is 12.0. The van der Waals surface area contributed by atoms with E-state index in [0.29, 0.717) is 29.2 Å². The van der Waals surface area contributed by atoms with Crippen LogP contribution in [0.25, 0.3) is 10.9 Å². The topological polar surface area (TPSA) is 77.4 Å². The quantitative estimate of drug-likeness (QED) is 0.451. The van der Waals surface area contributed by atoms with E-state index in [-0.39, 0.29) is 5.69 Å². The number of rotatable bonds is 2. The molecule has 1 aliphatic rings. The van der Waals surface area contributed by atoms with Gasteiger partial charge in [0.25, 0.3) is 5.69 Å². The van der Waals surface area contributed by atoms with Crippen molar-refractivity contribution in [3.8, 4) is 17.2 Å². The zero-order valence-electron chi connectivity index (χ0n) is 11.8. The number of methoxy groups -OCH3 is 1. The summed E-state index contributed by atoms with van der Waals surface area (Å²) in [6.45, 7) is 0. The molecule has 0 bridgehead atoms. The lowest BCUT2D eigenvalue weighted by Gasteiger charge is -2.12. The van der Waals surface area contributed by atoms with Gasteiger partial charge in [0.05, 0.1) is 23.6 Å². The predicted molar refractivity (Wildman–Crippen MR) is 80.8 cm³/mol. The number of nitro groups is 1. The number of aromatic nitrogens is 1. The Hall–Kier alpha value is -3.02. The van der Waals surface area contributed by atoms with Gasteiger partial charge in [-0.2, -0.15) is 0 Å². The number of hydrogen-bond acceptors (Lipinski definition) is 4. The lowest BCUT2D eigenvalue weighted by atomic mass is 10.0. The van der Waals surface area contributed by atoms with Crippen LogP contribution in [0.5, 0.6) is 17.2 Å². The monoisotopic (exact) mass is 296 g/mol. The Morgan fingerprint density at radius 1 is 1.32 bits per heavy atom. The first-order valence-corrected chi connectivity index (χ1v) is 6.79. The number of fused-ring (bicyclic) bond motifs is 1. The molecule has 3 aromatic rings. The Bertz CT molecular complexity index is 914. The first-order valence-electron chi connectivity index (χ1n) is 6.79. The Balaban J connectivity index is 2.00. The Labute approximate surface area is 125 Å².